The Bertz CT molecular complexity index is 444. The van der Waals surface area contributed by atoms with Crippen LogP contribution in [0.25, 0.3) is 0 Å². The second kappa shape index (κ2) is 6.16. The zero-order valence-electron chi connectivity index (χ0n) is 11.8. The van der Waals surface area contributed by atoms with E-state index in [1.165, 1.54) is 12.7 Å². The van der Waals surface area contributed by atoms with Gasteiger partial charge < -0.3 is 14.4 Å². The van der Waals surface area contributed by atoms with Crippen LogP contribution in [-0.2, 0) is 27.4 Å². The van der Waals surface area contributed by atoms with Crippen molar-refractivity contribution in [3.05, 3.63) is 17.5 Å². The van der Waals surface area contributed by atoms with Crippen molar-refractivity contribution >= 4 is 5.91 Å². The summed E-state index contributed by atoms with van der Waals surface area (Å²) < 4.78 is 12.1. The van der Waals surface area contributed by atoms with Crippen LogP contribution in [0.5, 0.6) is 0 Å². The molecule has 0 aromatic carbocycles. The first kappa shape index (κ1) is 14.0. The van der Waals surface area contributed by atoms with Gasteiger partial charge >= 0.3 is 0 Å². The molecule has 0 saturated carbocycles. The normalized spacial score (nSPS) is 18.5. The van der Waals surface area contributed by atoms with E-state index in [-0.39, 0.29) is 18.4 Å². The van der Waals surface area contributed by atoms with E-state index in [1.54, 1.807) is 12.0 Å². The third kappa shape index (κ3) is 2.96. The lowest BCUT2D eigenvalue weighted by molar-refractivity contribution is -0.136. The second-order valence-electron chi connectivity index (χ2n) is 4.75. The molecule has 1 aromatic rings. The molecule has 6 heteroatoms. The summed E-state index contributed by atoms with van der Waals surface area (Å²) in [4.78, 5) is 13.8. The van der Waals surface area contributed by atoms with Gasteiger partial charge in [-0.3, -0.25) is 9.48 Å². The van der Waals surface area contributed by atoms with Gasteiger partial charge in [0.1, 0.15) is 6.61 Å². The average Bonchev–Trinajstić information content (AvgIpc) is 2.82. The van der Waals surface area contributed by atoms with Crippen LogP contribution in [-0.4, -0.2) is 54.6 Å². The van der Waals surface area contributed by atoms with E-state index in [4.69, 9.17) is 9.47 Å². The van der Waals surface area contributed by atoms with E-state index >= 15 is 0 Å². The molecule has 6 nitrogen and oxygen atoms in total. The number of aryl methyl sites for hydroxylation is 1. The van der Waals surface area contributed by atoms with Gasteiger partial charge in [-0.1, -0.05) is 0 Å². The third-order valence-electron chi connectivity index (χ3n) is 3.40. The molecule has 1 aliphatic heterocycles. The molecule has 0 aliphatic carbocycles. The highest BCUT2D eigenvalue weighted by Gasteiger charge is 2.30. The van der Waals surface area contributed by atoms with Crippen molar-refractivity contribution in [2.75, 3.05) is 34.0 Å². The molecule has 0 saturated heterocycles. The van der Waals surface area contributed by atoms with Crippen molar-refractivity contribution in [3.63, 3.8) is 0 Å². The fraction of sp³-hybridized carbons (Fsp3) is 0.692. The van der Waals surface area contributed by atoms with Gasteiger partial charge in [-0.2, -0.15) is 5.10 Å². The number of ether oxygens (including phenoxy) is 2. The van der Waals surface area contributed by atoms with Gasteiger partial charge in [0, 0.05) is 45.0 Å². The van der Waals surface area contributed by atoms with Crippen molar-refractivity contribution in [3.8, 4) is 0 Å². The topological polar surface area (TPSA) is 56.6 Å². The number of rotatable bonds is 5. The molecule has 0 radical (unpaired) electrons. The van der Waals surface area contributed by atoms with Crippen LogP contribution >= 0.6 is 0 Å². The summed E-state index contributed by atoms with van der Waals surface area (Å²) in [7, 11) is 3.21. The summed E-state index contributed by atoms with van der Waals surface area (Å²) in [6.45, 7) is 4.82. The smallest absolute Gasteiger partial charge is 0.248 e. The monoisotopic (exact) mass is 267 g/mol. The fourth-order valence-electron chi connectivity index (χ4n) is 2.46. The van der Waals surface area contributed by atoms with E-state index in [2.05, 4.69) is 18.2 Å². The van der Waals surface area contributed by atoms with E-state index in [1.807, 2.05) is 4.68 Å². The standard InChI is InChI=1S/C13H21N3O3/c1-4-16-6-11-10(8-18-2)5-15(7-12(11)14-16)13(17)9-19-3/h6,10H,4-5,7-9H2,1-3H3/t10-/m1/s1. The van der Waals surface area contributed by atoms with Gasteiger partial charge in [-0.15, -0.1) is 0 Å². The minimum Gasteiger partial charge on any atom is -0.384 e. The minimum atomic E-state index is 0.000279. The average molecular weight is 267 g/mol. The Hall–Kier alpha value is -1.40. The zero-order chi connectivity index (χ0) is 13.8. The lowest BCUT2D eigenvalue weighted by Crippen LogP contribution is -2.41. The molecule has 0 spiro atoms. The summed E-state index contributed by atoms with van der Waals surface area (Å²) in [5.74, 6) is 0.190. The second-order valence-corrected chi connectivity index (χ2v) is 4.75. The number of aromatic nitrogens is 2. The molecule has 2 rings (SSSR count). The Balaban J connectivity index is 2.21. The van der Waals surface area contributed by atoms with Crippen molar-refractivity contribution in [2.24, 2.45) is 0 Å². The van der Waals surface area contributed by atoms with E-state index < -0.39 is 0 Å². The molecule has 1 aliphatic rings. The highest BCUT2D eigenvalue weighted by Crippen LogP contribution is 2.27. The number of hydrogen-bond donors (Lipinski definition) is 0. The number of fused-ring (bicyclic) bond motifs is 1. The van der Waals surface area contributed by atoms with Crippen LogP contribution in [0.2, 0.25) is 0 Å². The highest BCUT2D eigenvalue weighted by atomic mass is 16.5. The first-order valence-electron chi connectivity index (χ1n) is 6.51. The van der Waals surface area contributed by atoms with Gasteiger partial charge in [-0.05, 0) is 6.92 Å². The molecule has 1 atom stereocenters. The molecule has 1 aromatic heterocycles. The molecule has 0 N–H and O–H groups in total. The Morgan fingerprint density at radius 2 is 2.26 bits per heavy atom. The van der Waals surface area contributed by atoms with Crippen molar-refractivity contribution in [1.82, 2.24) is 14.7 Å². The van der Waals surface area contributed by atoms with Crippen LogP contribution in [0, 0.1) is 0 Å². The SMILES string of the molecule is CCn1cc2c(n1)CN(C(=O)COC)C[C@@H]2COC. The lowest BCUT2D eigenvalue weighted by Gasteiger charge is -2.31. The maximum absolute atomic E-state index is 12.0. The lowest BCUT2D eigenvalue weighted by atomic mass is 9.95. The molecule has 19 heavy (non-hydrogen) atoms. The number of amides is 1. The highest BCUT2D eigenvalue weighted by molar-refractivity contribution is 5.77. The number of methoxy groups -OCH3 is 2. The van der Waals surface area contributed by atoms with E-state index in [0.717, 1.165) is 12.2 Å². The summed E-state index contributed by atoms with van der Waals surface area (Å²) in [6.07, 6.45) is 2.07. The third-order valence-corrected chi connectivity index (χ3v) is 3.40. The van der Waals surface area contributed by atoms with Gasteiger partial charge in [0.15, 0.2) is 0 Å². The molecule has 1 amide bonds. The Labute approximate surface area is 113 Å². The van der Waals surface area contributed by atoms with Crippen LogP contribution in [0.4, 0.5) is 0 Å². The molecule has 0 unspecified atom stereocenters. The Kier molecular flexibility index (Phi) is 4.55. The van der Waals surface area contributed by atoms with Crippen LogP contribution < -0.4 is 0 Å². The maximum atomic E-state index is 12.0. The van der Waals surface area contributed by atoms with E-state index in [0.29, 0.717) is 19.7 Å². The number of carbonyl (C=O) groups excluding carboxylic acids is 1. The van der Waals surface area contributed by atoms with Crippen molar-refractivity contribution in [2.45, 2.75) is 25.9 Å². The molecule has 0 fully saturated rings. The number of nitrogens with zero attached hydrogens (tertiary/aromatic N) is 3. The molecular formula is C13H21N3O3. The number of carbonyl (C=O) groups is 1. The van der Waals surface area contributed by atoms with Crippen LogP contribution in [0.15, 0.2) is 6.20 Å². The largest absolute Gasteiger partial charge is 0.384 e. The fourth-order valence-corrected chi connectivity index (χ4v) is 2.46. The quantitative estimate of drug-likeness (QED) is 0.785. The number of hydrogen-bond acceptors (Lipinski definition) is 4. The predicted molar refractivity (Wildman–Crippen MR) is 69.8 cm³/mol. The predicted octanol–water partition coefficient (Wildman–Crippen LogP) is 0.622. The summed E-state index contributed by atoms with van der Waals surface area (Å²) in [6, 6.07) is 0. The molecule has 2 heterocycles. The van der Waals surface area contributed by atoms with Crippen molar-refractivity contribution < 1.29 is 14.3 Å². The van der Waals surface area contributed by atoms with Gasteiger partial charge in [-0.25, -0.2) is 0 Å². The molecule has 0 bridgehead atoms. The van der Waals surface area contributed by atoms with Gasteiger partial charge in [0.2, 0.25) is 5.91 Å². The first-order valence-corrected chi connectivity index (χ1v) is 6.51. The van der Waals surface area contributed by atoms with Crippen molar-refractivity contribution in [1.29, 1.82) is 0 Å². The maximum Gasteiger partial charge on any atom is 0.248 e. The van der Waals surface area contributed by atoms with Crippen LogP contribution in [0.1, 0.15) is 24.1 Å². The first-order chi connectivity index (χ1) is 9.19. The van der Waals surface area contributed by atoms with E-state index in [9.17, 15) is 4.79 Å². The zero-order valence-corrected chi connectivity index (χ0v) is 11.8. The summed E-state index contributed by atoms with van der Waals surface area (Å²) >= 11 is 0. The minimum absolute atomic E-state index is 0.000279. The summed E-state index contributed by atoms with van der Waals surface area (Å²) in [5, 5.41) is 4.52. The Morgan fingerprint density at radius 1 is 1.47 bits per heavy atom. The van der Waals surface area contributed by atoms with Crippen LogP contribution in [0.3, 0.4) is 0 Å². The van der Waals surface area contributed by atoms with Gasteiger partial charge in [0.25, 0.3) is 0 Å². The van der Waals surface area contributed by atoms with Gasteiger partial charge in [0.05, 0.1) is 18.8 Å². The molecule has 106 valence electrons. The summed E-state index contributed by atoms with van der Waals surface area (Å²) in [5.41, 5.74) is 2.17. The Morgan fingerprint density at radius 3 is 2.89 bits per heavy atom. The molecular weight excluding hydrogens is 246 g/mol.